The fraction of sp³-hybridized carbons (Fsp3) is 0.500. The highest BCUT2D eigenvalue weighted by Crippen LogP contribution is 2.26. The third-order valence-electron chi connectivity index (χ3n) is 3.78. The quantitative estimate of drug-likeness (QED) is 0.367. The van der Waals surface area contributed by atoms with Crippen LogP contribution in [0.15, 0.2) is 23.4 Å². The van der Waals surface area contributed by atoms with Crippen LogP contribution >= 0.6 is 0 Å². The van der Waals surface area contributed by atoms with Crippen molar-refractivity contribution in [1.29, 1.82) is 0 Å². The van der Waals surface area contributed by atoms with Crippen LogP contribution in [0.2, 0.25) is 0 Å². The van der Waals surface area contributed by atoms with Gasteiger partial charge in [0, 0.05) is 12.6 Å². The van der Waals surface area contributed by atoms with E-state index >= 15 is 0 Å². The monoisotopic (exact) mass is 263 g/mol. The lowest BCUT2D eigenvalue weighted by molar-refractivity contribution is 0.152. The van der Waals surface area contributed by atoms with Crippen molar-refractivity contribution in [1.82, 2.24) is 4.90 Å². The molecule has 0 saturated heterocycles. The van der Waals surface area contributed by atoms with Crippen LogP contribution in [-0.2, 0) is 6.54 Å². The number of nitrogens with zero attached hydrogens (tertiary/aromatic N) is 2. The van der Waals surface area contributed by atoms with Gasteiger partial charge in [-0.3, -0.25) is 4.90 Å². The van der Waals surface area contributed by atoms with Crippen molar-refractivity contribution in [2.24, 2.45) is 10.9 Å². The maximum Gasteiger partial charge on any atom is 0.173 e. The van der Waals surface area contributed by atoms with E-state index in [0.29, 0.717) is 17.4 Å². The first-order chi connectivity index (χ1) is 9.15. The van der Waals surface area contributed by atoms with Crippen LogP contribution in [0.1, 0.15) is 30.4 Å². The second-order valence-corrected chi connectivity index (χ2v) is 5.02. The van der Waals surface area contributed by atoms with Crippen molar-refractivity contribution >= 4 is 5.84 Å². The van der Waals surface area contributed by atoms with Gasteiger partial charge in [-0.2, -0.15) is 0 Å². The van der Waals surface area contributed by atoms with E-state index in [1.165, 1.54) is 19.3 Å². The molecule has 1 aromatic rings. The number of rotatable bonds is 5. The molecular weight excluding hydrogens is 242 g/mol. The molecule has 0 bridgehead atoms. The summed E-state index contributed by atoms with van der Waals surface area (Å²) in [5, 5.41) is 11.9. The zero-order valence-electron chi connectivity index (χ0n) is 11.5. The van der Waals surface area contributed by atoms with Crippen LogP contribution in [0.3, 0.4) is 0 Å². The largest absolute Gasteiger partial charge is 0.496 e. The lowest BCUT2D eigenvalue weighted by atomic mass is 9.91. The number of ether oxygens (including phenoxy) is 1. The Morgan fingerprint density at radius 2 is 2.26 bits per heavy atom. The van der Waals surface area contributed by atoms with Gasteiger partial charge in [0.25, 0.3) is 0 Å². The number of hydrogen-bond donors (Lipinski definition) is 2. The molecule has 0 aliphatic heterocycles. The lowest BCUT2D eigenvalue weighted by Gasteiger charge is -2.34. The smallest absolute Gasteiger partial charge is 0.173 e. The number of oxime groups is 1. The molecule has 0 unspecified atom stereocenters. The number of hydrogen-bond acceptors (Lipinski definition) is 4. The Kier molecular flexibility index (Phi) is 4.27. The van der Waals surface area contributed by atoms with E-state index in [1.807, 2.05) is 18.2 Å². The molecule has 0 atom stereocenters. The Morgan fingerprint density at radius 1 is 1.53 bits per heavy atom. The van der Waals surface area contributed by atoms with Crippen LogP contribution < -0.4 is 10.5 Å². The summed E-state index contributed by atoms with van der Waals surface area (Å²) in [7, 11) is 3.71. The number of methoxy groups -OCH3 is 1. The van der Waals surface area contributed by atoms with Crippen LogP contribution in [-0.4, -0.2) is 36.1 Å². The van der Waals surface area contributed by atoms with Gasteiger partial charge in [-0.15, -0.1) is 0 Å². The van der Waals surface area contributed by atoms with Gasteiger partial charge in [-0.25, -0.2) is 0 Å². The predicted octanol–water partition coefficient (Wildman–Crippen LogP) is 1.77. The van der Waals surface area contributed by atoms with Gasteiger partial charge >= 0.3 is 0 Å². The molecule has 0 aromatic heterocycles. The van der Waals surface area contributed by atoms with Crippen LogP contribution in [0, 0.1) is 0 Å². The molecule has 104 valence electrons. The minimum absolute atomic E-state index is 0.0741. The summed E-state index contributed by atoms with van der Waals surface area (Å²) in [6.07, 6.45) is 3.88. The molecule has 1 aromatic carbocycles. The highest BCUT2D eigenvalue weighted by Gasteiger charge is 2.22. The highest BCUT2D eigenvalue weighted by molar-refractivity contribution is 5.99. The highest BCUT2D eigenvalue weighted by atomic mass is 16.5. The summed E-state index contributed by atoms with van der Waals surface area (Å²) in [4.78, 5) is 2.35. The Bertz CT molecular complexity index is 470. The Hall–Kier alpha value is -1.75. The van der Waals surface area contributed by atoms with E-state index in [2.05, 4.69) is 17.1 Å². The minimum Gasteiger partial charge on any atom is -0.496 e. The molecule has 2 rings (SSSR count). The zero-order valence-corrected chi connectivity index (χ0v) is 11.5. The molecule has 1 aliphatic carbocycles. The molecule has 19 heavy (non-hydrogen) atoms. The van der Waals surface area contributed by atoms with E-state index in [9.17, 15) is 0 Å². The Balaban J connectivity index is 2.17. The predicted molar refractivity (Wildman–Crippen MR) is 74.6 cm³/mol. The second-order valence-electron chi connectivity index (χ2n) is 5.02. The summed E-state index contributed by atoms with van der Waals surface area (Å²) in [5.74, 6) is 0.690. The van der Waals surface area contributed by atoms with Gasteiger partial charge < -0.3 is 15.7 Å². The maximum absolute atomic E-state index is 8.81. The maximum atomic E-state index is 8.81. The van der Waals surface area contributed by atoms with E-state index in [1.54, 1.807) is 7.11 Å². The third-order valence-corrected chi connectivity index (χ3v) is 3.78. The fourth-order valence-electron chi connectivity index (χ4n) is 2.35. The van der Waals surface area contributed by atoms with E-state index in [-0.39, 0.29) is 5.84 Å². The molecule has 0 radical (unpaired) electrons. The summed E-state index contributed by atoms with van der Waals surface area (Å²) in [5.41, 5.74) is 7.44. The average molecular weight is 263 g/mol. The topological polar surface area (TPSA) is 71.1 Å². The molecular formula is C14H21N3O2. The second kappa shape index (κ2) is 5.93. The van der Waals surface area contributed by atoms with Crippen molar-refractivity contribution < 1.29 is 9.94 Å². The third kappa shape index (κ3) is 2.98. The Morgan fingerprint density at radius 3 is 2.79 bits per heavy atom. The minimum atomic E-state index is 0.0741. The molecule has 0 spiro atoms. The SMILES string of the molecule is COc1ccc(CN(C)C2CCC2)cc1/C(N)=N/O. The van der Waals surface area contributed by atoms with E-state index < -0.39 is 0 Å². The van der Waals surface area contributed by atoms with Gasteiger partial charge in [0.1, 0.15) is 5.75 Å². The van der Waals surface area contributed by atoms with Gasteiger partial charge in [0.15, 0.2) is 5.84 Å². The standard InChI is InChI=1S/C14H21N3O2/c1-17(11-4-3-5-11)9-10-6-7-13(19-2)12(8-10)14(15)16-18/h6-8,11,18H,3-5,9H2,1-2H3,(H2,15,16). The van der Waals surface area contributed by atoms with Crippen molar-refractivity contribution in [2.75, 3.05) is 14.2 Å². The van der Waals surface area contributed by atoms with E-state index in [0.717, 1.165) is 12.1 Å². The first-order valence-corrected chi connectivity index (χ1v) is 6.50. The molecule has 0 heterocycles. The van der Waals surface area contributed by atoms with Gasteiger partial charge in [0.2, 0.25) is 0 Å². The van der Waals surface area contributed by atoms with Crippen LogP contribution in [0.4, 0.5) is 0 Å². The lowest BCUT2D eigenvalue weighted by Crippen LogP contribution is -2.36. The number of benzene rings is 1. The van der Waals surface area contributed by atoms with Gasteiger partial charge in [-0.05, 0) is 37.6 Å². The molecule has 1 fully saturated rings. The Labute approximate surface area is 113 Å². The fourth-order valence-corrected chi connectivity index (χ4v) is 2.35. The normalized spacial score (nSPS) is 16.5. The average Bonchev–Trinajstić information content (AvgIpc) is 2.35. The summed E-state index contributed by atoms with van der Waals surface area (Å²) < 4.78 is 5.22. The number of nitrogens with two attached hydrogens (primary N) is 1. The van der Waals surface area contributed by atoms with Crippen molar-refractivity contribution in [3.63, 3.8) is 0 Å². The van der Waals surface area contributed by atoms with Crippen molar-refractivity contribution in [3.8, 4) is 5.75 Å². The molecule has 1 aliphatic rings. The molecule has 5 heteroatoms. The molecule has 1 saturated carbocycles. The van der Waals surface area contributed by atoms with E-state index in [4.69, 9.17) is 15.7 Å². The summed E-state index contributed by atoms with van der Waals surface area (Å²) >= 11 is 0. The summed E-state index contributed by atoms with van der Waals surface area (Å²) in [6, 6.07) is 6.48. The molecule has 0 amide bonds. The van der Waals surface area contributed by atoms with Crippen molar-refractivity contribution in [2.45, 2.75) is 31.8 Å². The first-order valence-electron chi connectivity index (χ1n) is 6.50. The zero-order chi connectivity index (χ0) is 13.8. The number of amidine groups is 1. The molecule has 3 N–H and O–H groups in total. The summed E-state index contributed by atoms with van der Waals surface area (Å²) in [6.45, 7) is 0.861. The van der Waals surface area contributed by atoms with Crippen LogP contribution in [0.5, 0.6) is 5.75 Å². The first kappa shape index (κ1) is 13.7. The van der Waals surface area contributed by atoms with Crippen LogP contribution in [0.25, 0.3) is 0 Å². The molecule has 5 nitrogen and oxygen atoms in total. The van der Waals surface area contributed by atoms with Gasteiger partial charge in [0.05, 0.1) is 12.7 Å². The van der Waals surface area contributed by atoms with Gasteiger partial charge in [-0.1, -0.05) is 17.6 Å². The van der Waals surface area contributed by atoms with Crippen molar-refractivity contribution in [3.05, 3.63) is 29.3 Å².